The van der Waals surface area contributed by atoms with Gasteiger partial charge in [0.25, 0.3) is 0 Å². The first-order valence-electron chi connectivity index (χ1n) is 6.01. The Kier molecular flexibility index (Phi) is 5.58. The molecule has 1 saturated carbocycles. The third kappa shape index (κ3) is 5.03. The molecule has 6 nitrogen and oxygen atoms in total. The van der Waals surface area contributed by atoms with Gasteiger partial charge in [0.1, 0.15) is 6.04 Å². The zero-order valence-corrected chi connectivity index (χ0v) is 11.5. The molecule has 0 saturated heterocycles. The van der Waals surface area contributed by atoms with E-state index in [2.05, 4.69) is 10.6 Å². The number of hydrogen-bond acceptors (Lipinski definition) is 3. The topological polar surface area (TPSA) is 95.5 Å². The minimum atomic E-state index is -0.990. The quantitative estimate of drug-likeness (QED) is 0.623. The second-order valence-electron chi connectivity index (χ2n) is 4.65. The highest BCUT2D eigenvalue weighted by Gasteiger charge is 2.37. The maximum absolute atomic E-state index is 11.5. The van der Waals surface area contributed by atoms with Crippen LogP contribution in [0.4, 0.5) is 4.79 Å². The van der Waals surface area contributed by atoms with Gasteiger partial charge in [-0.05, 0) is 25.2 Å². The fraction of sp³-hybridized carbons (Fsp3) is 0.818. The number of hydrogen-bond donors (Lipinski definition) is 3. The summed E-state index contributed by atoms with van der Waals surface area (Å²) in [4.78, 5) is 22.4. The molecule has 1 rings (SSSR count). The minimum Gasteiger partial charge on any atom is -0.480 e. The fourth-order valence-corrected chi connectivity index (χ4v) is 2.01. The van der Waals surface area contributed by atoms with Crippen molar-refractivity contribution in [3.8, 4) is 0 Å². The molecule has 1 aliphatic rings. The van der Waals surface area contributed by atoms with Gasteiger partial charge >= 0.3 is 12.0 Å². The first kappa shape index (κ1) is 14.9. The van der Waals surface area contributed by atoms with Gasteiger partial charge in [-0.2, -0.15) is 0 Å². The molecule has 0 bridgehead atoms. The van der Waals surface area contributed by atoms with E-state index < -0.39 is 28.8 Å². The molecular formula is C11H20N2O4S. The monoisotopic (exact) mass is 276 g/mol. The van der Waals surface area contributed by atoms with Gasteiger partial charge < -0.3 is 15.7 Å². The van der Waals surface area contributed by atoms with Gasteiger partial charge in [0, 0.05) is 28.9 Å². The van der Waals surface area contributed by atoms with Crippen molar-refractivity contribution in [2.45, 2.75) is 37.5 Å². The predicted molar refractivity (Wildman–Crippen MR) is 68.8 cm³/mol. The number of carbonyl (C=O) groups is 2. The smallest absolute Gasteiger partial charge is 0.326 e. The highest BCUT2D eigenvalue weighted by Crippen LogP contribution is 2.32. The Hall–Kier alpha value is -1.11. The van der Waals surface area contributed by atoms with E-state index in [1.54, 1.807) is 6.26 Å². The van der Waals surface area contributed by atoms with Crippen molar-refractivity contribution in [3.05, 3.63) is 0 Å². The molecule has 104 valence electrons. The molecular weight excluding hydrogens is 256 g/mol. The molecule has 0 aromatic carbocycles. The van der Waals surface area contributed by atoms with Crippen LogP contribution in [0.5, 0.6) is 0 Å². The normalized spacial score (nSPS) is 19.7. The van der Waals surface area contributed by atoms with Crippen LogP contribution >= 0.6 is 0 Å². The molecule has 7 heteroatoms. The van der Waals surface area contributed by atoms with E-state index in [1.165, 1.54) is 0 Å². The molecule has 0 aliphatic heterocycles. The van der Waals surface area contributed by atoms with Gasteiger partial charge in [0.05, 0.1) is 0 Å². The van der Waals surface area contributed by atoms with Gasteiger partial charge in [-0.25, -0.2) is 9.59 Å². The molecule has 1 fully saturated rings. The lowest BCUT2D eigenvalue weighted by Gasteiger charge is -2.15. The number of urea groups is 1. The van der Waals surface area contributed by atoms with Crippen LogP contribution in [0.2, 0.25) is 0 Å². The molecule has 0 aromatic heterocycles. The van der Waals surface area contributed by atoms with Crippen molar-refractivity contribution in [1.82, 2.24) is 10.6 Å². The summed E-state index contributed by atoms with van der Waals surface area (Å²) in [6.07, 6.45) is 3.93. The maximum atomic E-state index is 11.5. The van der Waals surface area contributed by atoms with Crippen molar-refractivity contribution >= 4 is 22.8 Å². The number of carbonyl (C=O) groups excluding carboxylic acids is 1. The first-order valence-corrected chi connectivity index (χ1v) is 7.63. The Labute approximate surface area is 109 Å². The number of aliphatic carboxylic acids is 1. The lowest BCUT2D eigenvalue weighted by atomic mass is 10.2. The van der Waals surface area contributed by atoms with E-state index in [9.17, 15) is 13.8 Å². The summed E-state index contributed by atoms with van der Waals surface area (Å²) in [5, 5.41) is 14.0. The highest BCUT2D eigenvalue weighted by molar-refractivity contribution is 7.84. The summed E-state index contributed by atoms with van der Waals surface area (Å²) in [6, 6.07) is -1.26. The molecule has 3 unspecified atom stereocenters. The molecule has 2 amide bonds. The van der Waals surface area contributed by atoms with Crippen LogP contribution in [0.25, 0.3) is 0 Å². The van der Waals surface area contributed by atoms with Gasteiger partial charge in [0.15, 0.2) is 0 Å². The number of carboxylic acid groups (broad SMARTS) is 1. The zero-order valence-electron chi connectivity index (χ0n) is 10.6. The van der Waals surface area contributed by atoms with E-state index in [1.807, 2.05) is 6.92 Å². The molecule has 3 N–H and O–H groups in total. The summed E-state index contributed by atoms with van der Waals surface area (Å²) < 4.78 is 11.1. The largest absolute Gasteiger partial charge is 0.480 e. The zero-order chi connectivity index (χ0) is 13.7. The second kappa shape index (κ2) is 6.72. The SMILES string of the molecule is CC(CCNC(=O)NC(C(=O)O)C1CC1)S(C)=O. The number of nitrogens with one attached hydrogen (secondary N) is 2. The second-order valence-corrected chi connectivity index (χ2v) is 6.45. The molecule has 0 aromatic rings. The Morgan fingerprint density at radius 1 is 1.44 bits per heavy atom. The summed E-state index contributed by atoms with van der Waals surface area (Å²) >= 11 is 0. The van der Waals surface area contributed by atoms with Gasteiger partial charge in [0.2, 0.25) is 0 Å². The van der Waals surface area contributed by atoms with Crippen LogP contribution < -0.4 is 10.6 Å². The lowest BCUT2D eigenvalue weighted by Crippen LogP contribution is -2.47. The molecule has 0 radical (unpaired) electrons. The highest BCUT2D eigenvalue weighted by atomic mass is 32.2. The Morgan fingerprint density at radius 2 is 2.06 bits per heavy atom. The Balaban J connectivity index is 2.24. The number of amides is 2. The van der Waals surface area contributed by atoms with E-state index in [-0.39, 0.29) is 11.2 Å². The van der Waals surface area contributed by atoms with Gasteiger partial charge in [-0.1, -0.05) is 6.92 Å². The van der Waals surface area contributed by atoms with E-state index >= 15 is 0 Å². The van der Waals surface area contributed by atoms with Gasteiger partial charge in [-0.3, -0.25) is 4.21 Å². The van der Waals surface area contributed by atoms with Crippen molar-refractivity contribution < 1.29 is 18.9 Å². The van der Waals surface area contributed by atoms with Gasteiger partial charge in [-0.15, -0.1) is 0 Å². The summed E-state index contributed by atoms with van der Waals surface area (Å²) in [7, 11) is -0.906. The van der Waals surface area contributed by atoms with Crippen LogP contribution in [0.15, 0.2) is 0 Å². The number of carboxylic acids is 1. The third-order valence-electron chi connectivity index (χ3n) is 3.05. The average molecular weight is 276 g/mol. The summed E-state index contributed by atoms with van der Waals surface area (Å²) in [5.74, 6) is -0.925. The third-order valence-corrected chi connectivity index (χ3v) is 4.42. The fourth-order valence-electron chi connectivity index (χ4n) is 1.56. The van der Waals surface area contributed by atoms with Crippen LogP contribution in [-0.2, 0) is 15.6 Å². The molecule has 3 atom stereocenters. The Bertz CT molecular complexity index is 344. The van der Waals surface area contributed by atoms with Crippen molar-refractivity contribution in [2.24, 2.45) is 5.92 Å². The first-order chi connectivity index (χ1) is 8.41. The molecule has 0 heterocycles. The van der Waals surface area contributed by atoms with Crippen molar-refractivity contribution in [2.75, 3.05) is 12.8 Å². The molecule has 1 aliphatic carbocycles. The molecule has 0 spiro atoms. The van der Waals surface area contributed by atoms with Crippen molar-refractivity contribution in [3.63, 3.8) is 0 Å². The van der Waals surface area contributed by atoms with Crippen LogP contribution in [-0.4, -0.2) is 45.4 Å². The maximum Gasteiger partial charge on any atom is 0.326 e. The van der Waals surface area contributed by atoms with E-state index in [0.29, 0.717) is 13.0 Å². The summed E-state index contributed by atoms with van der Waals surface area (Å²) in [5.41, 5.74) is 0. The average Bonchev–Trinajstić information content (AvgIpc) is 3.08. The standard InChI is InChI=1S/C11H20N2O4S/c1-7(18(2)17)5-6-12-11(16)13-9(10(14)15)8-3-4-8/h7-9H,3-6H2,1-2H3,(H,14,15)(H2,12,13,16). The minimum absolute atomic E-state index is 0.0176. The lowest BCUT2D eigenvalue weighted by molar-refractivity contribution is -0.139. The van der Waals surface area contributed by atoms with E-state index in [0.717, 1.165) is 12.8 Å². The van der Waals surface area contributed by atoms with Crippen LogP contribution in [0.3, 0.4) is 0 Å². The van der Waals surface area contributed by atoms with Crippen LogP contribution in [0.1, 0.15) is 26.2 Å². The molecule has 18 heavy (non-hydrogen) atoms. The van der Waals surface area contributed by atoms with E-state index in [4.69, 9.17) is 5.11 Å². The number of rotatable bonds is 7. The Morgan fingerprint density at radius 3 is 2.50 bits per heavy atom. The van der Waals surface area contributed by atoms with Crippen LogP contribution in [0, 0.1) is 5.92 Å². The summed E-state index contributed by atoms with van der Waals surface area (Å²) in [6.45, 7) is 2.24. The predicted octanol–water partition coefficient (Wildman–Crippen LogP) is 0.306. The van der Waals surface area contributed by atoms with Crippen molar-refractivity contribution in [1.29, 1.82) is 0 Å².